The largest absolute Gasteiger partial charge is 0.485 e. The number of hydrogen-bond donors (Lipinski definition) is 0. The first kappa shape index (κ1) is 18.8. The van der Waals surface area contributed by atoms with Crippen LogP contribution in [0.5, 0.6) is 5.75 Å². The summed E-state index contributed by atoms with van der Waals surface area (Å²) in [5.74, 6) is 1.83. The molecule has 0 unspecified atom stereocenters. The van der Waals surface area contributed by atoms with Gasteiger partial charge in [0.1, 0.15) is 23.5 Å². The number of thiophene rings is 1. The van der Waals surface area contributed by atoms with Gasteiger partial charge in [-0.2, -0.15) is 0 Å². The zero-order chi connectivity index (χ0) is 20.1. The van der Waals surface area contributed by atoms with E-state index in [1.165, 1.54) is 28.7 Å². The molecule has 3 aromatic heterocycles. The van der Waals surface area contributed by atoms with Crippen LogP contribution in [0.15, 0.2) is 18.5 Å². The smallest absolute Gasteiger partial charge is 0.189 e. The summed E-state index contributed by atoms with van der Waals surface area (Å²) < 4.78 is 7.93. The number of benzene rings is 1. The van der Waals surface area contributed by atoms with E-state index in [-0.39, 0.29) is 0 Å². The Kier molecular flexibility index (Phi) is 4.71. The van der Waals surface area contributed by atoms with Crippen LogP contribution in [0.2, 0.25) is 5.02 Å². The molecule has 0 aliphatic heterocycles. The Balaban J connectivity index is 1.50. The van der Waals surface area contributed by atoms with E-state index >= 15 is 0 Å². The highest BCUT2D eigenvalue weighted by molar-refractivity contribution is 7.19. The molecule has 1 aliphatic carbocycles. The van der Waals surface area contributed by atoms with Gasteiger partial charge in [-0.1, -0.05) is 25.4 Å². The Morgan fingerprint density at radius 3 is 2.90 bits per heavy atom. The number of aromatic nitrogens is 4. The van der Waals surface area contributed by atoms with Crippen LogP contribution >= 0.6 is 22.9 Å². The van der Waals surface area contributed by atoms with Gasteiger partial charge in [0.25, 0.3) is 0 Å². The van der Waals surface area contributed by atoms with Crippen LogP contribution in [0.1, 0.15) is 60.0 Å². The van der Waals surface area contributed by atoms with Crippen molar-refractivity contribution in [2.45, 2.75) is 59.0 Å². The Labute approximate surface area is 178 Å². The summed E-state index contributed by atoms with van der Waals surface area (Å²) in [5.41, 5.74) is 4.42. The predicted molar refractivity (Wildman–Crippen MR) is 117 cm³/mol. The molecule has 0 fully saturated rings. The zero-order valence-electron chi connectivity index (χ0n) is 16.8. The Morgan fingerprint density at radius 2 is 2.07 bits per heavy atom. The number of aryl methyl sites for hydroxylation is 3. The van der Waals surface area contributed by atoms with E-state index in [0.717, 1.165) is 45.2 Å². The van der Waals surface area contributed by atoms with E-state index in [1.54, 1.807) is 22.2 Å². The molecule has 5 nitrogen and oxygen atoms in total. The lowest BCUT2D eigenvalue weighted by Crippen LogP contribution is -2.02. The van der Waals surface area contributed by atoms with Gasteiger partial charge in [0.2, 0.25) is 0 Å². The Hall–Kier alpha value is -2.18. The monoisotopic (exact) mass is 426 g/mol. The predicted octanol–water partition coefficient (Wildman–Crippen LogP) is 5.88. The SMILES string of the molecule is Cc1cc(OCc2nc3c4c5c(sc4ncn3n2)CCCC5)c(C(C)C)cc1Cl. The fourth-order valence-electron chi connectivity index (χ4n) is 4.05. The molecule has 0 bridgehead atoms. The molecule has 29 heavy (non-hydrogen) atoms. The average molecular weight is 427 g/mol. The first-order chi connectivity index (χ1) is 14.0. The third-order valence-electron chi connectivity index (χ3n) is 5.61. The molecule has 0 saturated heterocycles. The first-order valence-electron chi connectivity index (χ1n) is 10.1. The van der Waals surface area contributed by atoms with E-state index in [4.69, 9.17) is 21.3 Å². The van der Waals surface area contributed by atoms with Gasteiger partial charge in [-0.05, 0) is 67.3 Å². The third-order valence-corrected chi connectivity index (χ3v) is 7.21. The van der Waals surface area contributed by atoms with Crippen molar-refractivity contribution in [3.8, 4) is 5.75 Å². The van der Waals surface area contributed by atoms with E-state index in [9.17, 15) is 0 Å². The summed E-state index contributed by atoms with van der Waals surface area (Å²) >= 11 is 8.12. The number of rotatable bonds is 4. The summed E-state index contributed by atoms with van der Waals surface area (Å²) in [6.45, 7) is 6.58. The molecule has 0 saturated carbocycles. The van der Waals surface area contributed by atoms with Crippen molar-refractivity contribution < 1.29 is 4.74 Å². The van der Waals surface area contributed by atoms with Gasteiger partial charge in [0.15, 0.2) is 11.5 Å². The van der Waals surface area contributed by atoms with Crippen LogP contribution in [0.3, 0.4) is 0 Å². The van der Waals surface area contributed by atoms with E-state index < -0.39 is 0 Å². The van der Waals surface area contributed by atoms with E-state index in [1.807, 2.05) is 19.1 Å². The summed E-state index contributed by atoms with van der Waals surface area (Å²) in [6, 6.07) is 4.00. The Bertz CT molecular complexity index is 1230. The van der Waals surface area contributed by atoms with Gasteiger partial charge < -0.3 is 4.74 Å². The van der Waals surface area contributed by atoms with Crippen LogP contribution < -0.4 is 4.74 Å². The van der Waals surface area contributed by atoms with Gasteiger partial charge in [-0.25, -0.2) is 14.5 Å². The molecule has 4 aromatic rings. The van der Waals surface area contributed by atoms with Crippen molar-refractivity contribution in [1.29, 1.82) is 0 Å². The maximum Gasteiger partial charge on any atom is 0.189 e. The lowest BCUT2D eigenvalue weighted by Gasteiger charge is -2.15. The molecular formula is C22H23ClN4OS. The van der Waals surface area contributed by atoms with Gasteiger partial charge in [-0.15, -0.1) is 16.4 Å². The highest BCUT2D eigenvalue weighted by Crippen LogP contribution is 2.37. The number of hydrogen-bond acceptors (Lipinski definition) is 5. The second-order valence-electron chi connectivity index (χ2n) is 8.01. The van der Waals surface area contributed by atoms with Gasteiger partial charge >= 0.3 is 0 Å². The van der Waals surface area contributed by atoms with Gasteiger partial charge in [0, 0.05) is 9.90 Å². The molecule has 1 aromatic carbocycles. The van der Waals surface area contributed by atoms with Gasteiger partial charge in [-0.3, -0.25) is 0 Å². The number of fused-ring (bicyclic) bond motifs is 5. The quantitative estimate of drug-likeness (QED) is 0.408. The lowest BCUT2D eigenvalue weighted by atomic mass is 9.97. The Morgan fingerprint density at radius 1 is 1.24 bits per heavy atom. The standard InChI is InChI=1S/C22H23ClN4OS/c1-12(2)15-9-16(23)13(3)8-17(15)28-10-19-25-21-20-14-6-4-5-7-18(14)29-22(20)24-11-27(21)26-19/h8-9,11-12H,4-7,10H2,1-3H3. The molecule has 5 rings (SSSR count). The van der Waals surface area contributed by atoms with Crippen LogP contribution in [-0.2, 0) is 19.4 Å². The molecule has 1 aliphatic rings. The molecule has 0 N–H and O–H groups in total. The van der Waals surface area contributed by atoms with E-state index in [0.29, 0.717) is 18.3 Å². The number of nitrogens with zero attached hydrogens (tertiary/aromatic N) is 4. The maximum absolute atomic E-state index is 6.31. The molecular weight excluding hydrogens is 404 g/mol. The van der Waals surface area contributed by atoms with Crippen molar-refractivity contribution in [3.05, 3.63) is 50.9 Å². The summed E-state index contributed by atoms with van der Waals surface area (Å²) in [7, 11) is 0. The lowest BCUT2D eigenvalue weighted by molar-refractivity contribution is 0.292. The minimum atomic E-state index is 0.316. The first-order valence-corrected chi connectivity index (χ1v) is 11.3. The van der Waals surface area contributed by atoms with Crippen molar-refractivity contribution in [2.24, 2.45) is 0 Å². The summed E-state index contributed by atoms with van der Waals surface area (Å²) in [4.78, 5) is 12.0. The van der Waals surface area contributed by atoms with Crippen molar-refractivity contribution in [1.82, 2.24) is 19.6 Å². The van der Waals surface area contributed by atoms with Crippen molar-refractivity contribution in [3.63, 3.8) is 0 Å². The minimum absolute atomic E-state index is 0.316. The molecule has 0 atom stereocenters. The molecule has 0 spiro atoms. The third kappa shape index (κ3) is 3.28. The zero-order valence-corrected chi connectivity index (χ0v) is 18.4. The van der Waals surface area contributed by atoms with Crippen LogP contribution in [0.25, 0.3) is 15.9 Å². The fraction of sp³-hybridized carbons (Fsp3) is 0.409. The highest BCUT2D eigenvalue weighted by Gasteiger charge is 2.21. The fourth-order valence-corrected chi connectivity index (χ4v) is 5.44. The number of halogens is 1. The summed E-state index contributed by atoms with van der Waals surface area (Å²) in [6.07, 6.45) is 6.53. The van der Waals surface area contributed by atoms with E-state index in [2.05, 4.69) is 23.9 Å². The van der Waals surface area contributed by atoms with Crippen LogP contribution in [0.4, 0.5) is 0 Å². The average Bonchev–Trinajstić information content (AvgIpc) is 3.28. The van der Waals surface area contributed by atoms with Crippen molar-refractivity contribution >= 4 is 38.8 Å². The molecule has 7 heteroatoms. The van der Waals surface area contributed by atoms with Crippen LogP contribution in [0, 0.1) is 6.92 Å². The molecule has 3 heterocycles. The van der Waals surface area contributed by atoms with Gasteiger partial charge in [0.05, 0.1) is 5.39 Å². The molecule has 150 valence electrons. The molecule has 0 radical (unpaired) electrons. The second-order valence-corrected chi connectivity index (χ2v) is 9.51. The second kappa shape index (κ2) is 7.26. The highest BCUT2D eigenvalue weighted by atomic mass is 35.5. The van der Waals surface area contributed by atoms with Crippen LogP contribution in [-0.4, -0.2) is 19.6 Å². The normalized spacial score (nSPS) is 14.1. The topological polar surface area (TPSA) is 52.3 Å². The minimum Gasteiger partial charge on any atom is -0.485 e. The maximum atomic E-state index is 6.31. The number of ether oxygens (including phenoxy) is 1. The van der Waals surface area contributed by atoms with Crippen molar-refractivity contribution in [2.75, 3.05) is 0 Å². The summed E-state index contributed by atoms with van der Waals surface area (Å²) in [5, 5.41) is 6.56. The molecule has 0 amide bonds.